The number of rotatable bonds is 10. The monoisotopic (exact) mass is 516 g/mol. The minimum atomic E-state index is -1.94. The molecule has 0 unspecified atom stereocenters. The van der Waals surface area contributed by atoms with Crippen LogP contribution >= 0.6 is 0 Å². The maximum Gasteiger partial charge on any atom is 0.197 e. The van der Waals surface area contributed by atoms with Crippen molar-refractivity contribution >= 4 is 16.6 Å². The van der Waals surface area contributed by atoms with Crippen LogP contribution in [0.1, 0.15) is 35.1 Å². The highest BCUT2D eigenvalue weighted by Gasteiger charge is 2.33. The summed E-state index contributed by atoms with van der Waals surface area (Å²) in [7, 11) is -3.88. The molecule has 2 heterocycles. The molecule has 0 saturated carbocycles. The first-order chi connectivity index (χ1) is 16.5. The predicted molar refractivity (Wildman–Crippen MR) is 144 cm³/mol. The molecular formula is C26H40N2O5Si2. The normalized spacial score (nSPS) is 15.4. The van der Waals surface area contributed by atoms with E-state index >= 15 is 0 Å². The van der Waals surface area contributed by atoms with Crippen LogP contribution < -0.4 is 0 Å². The zero-order valence-corrected chi connectivity index (χ0v) is 23.5. The van der Waals surface area contributed by atoms with Crippen molar-refractivity contribution in [3.05, 3.63) is 46.6 Å². The Morgan fingerprint density at radius 1 is 0.600 bits per heavy atom. The van der Waals surface area contributed by atoms with Gasteiger partial charge < -0.3 is 24.5 Å². The fourth-order valence-electron chi connectivity index (χ4n) is 5.65. The Labute approximate surface area is 210 Å². The van der Waals surface area contributed by atoms with Crippen LogP contribution in [0.15, 0.2) is 24.3 Å². The fraction of sp³-hybridized carbons (Fsp3) is 0.538. The van der Waals surface area contributed by atoms with Crippen molar-refractivity contribution in [1.82, 2.24) is 9.13 Å². The molecule has 0 bridgehead atoms. The van der Waals surface area contributed by atoms with Crippen molar-refractivity contribution < 1.29 is 24.5 Å². The summed E-state index contributed by atoms with van der Waals surface area (Å²) in [4.78, 5) is 0. The molecule has 0 aliphatic heterocycles. The second kappa shape index (κ2) is 9.95. The highest BCUT2D eigenvalue weighted by Crippen LogP contribution is 2.38. The largest absolute Gasteiger partial charge is 0.494 e. The zero-order valence-electron chi connectivity index (χ0n) is 21.5. The van der Waals surface area contributed by atoms with Gasteiger partial charge in [0.2, 0.25) is 0 Å². The SMILES string of the molecule is C[Si](C)(CCCn1c(O)c2c(c1O)CC=CC2)O[Si](C)(C)CCCn1c(O)c2c(c1O)CC=CC2. The van der Waals surface area contributed by atoms with Crippen LogP contribution in [0, 0.1) is 0 Å². The van der Waals surface area contributed by atoms with E-state index < -0.39 is 16.6 Å². The van der Waals surface area contributed by atoms with Gasteiger partial charge in [-0.15, -0.1) is 0 Å². The fourth-order valence-corrected chi connectivity index (χ4v) is 14.5. The Kier molecular flexibility index (Phi) is 7.31. The van der Waals surface area contributed by atoms with Gasteiger partial charge in [0.05, 0.1) is 0 Å². The topological polar surface area (TPSA) is 100 Å². The Morgan fingerprint density at radius 3 is 1.17 bits per heavy atom. The molecule has 0 radical (unpaired) electrons. The third-order valence-electron chi connectivity index (χ3n) is 7.33. The lowest BCUT2D eigenvalue weighted by atomic mass is 10.0. The second-order valence-corrected chi connectivity index (χ2v) is 20.0. The van der Waals surface area contributed by atoms with Crippen molar-refractivity contribution in [3.63, 3.8) is 0 Å². The summed E-state index contributed by atoms with van der Waals surface area (Å²) in [5.41, 5.74) is 3.40. The Balaban J connectivity index is 1.28. The molecule has 0 saturated heterocycles. The van der Waals surface area contributed by atoms with E-state index in [2.05, 4.69) is 26.2 Å². The Hall–Kier alpha value is -2.37. The van der Waals surface area contributed by atoms with Gasteiger partial charge in [-0.05, 0) is 76.8 Å². The number of allylic oxidation sites excluding steroid dienone is 4. The Morgan fingerprint density at radius 2 is 0.886 bits per heavy atom. The molecule has 0 amide bonds. The van der Waals surface area contributed by atoms with E-state index in [0.717, 1.165) is 47.2 Å². The highest BCUT2D eigenvalue weighted by molar-refractivity contribution is 6.84. The molecule has 4 N–H and O–H groups in total. The van der Waals surface area contributed by atoms with E-state index in [1.807, 2.05) is 24.3 Å². The predicted octanol–water partition coefficient (Wildman–Crippen LogP) is 5.33. The van der Waals surface area contributed by atoms with Gasteiger partial charge in [0, 0.05) is 35.3 Å². The first kappa shape index (κ1) is 25.7. The van der Waals surface area contributed by atoms with Crippen LogP contribution in [0.5, 0.6) is 23.5 Å². The molecule has 0 fully saturated rings. The molecule has 0 atom stereocenters. The smallest absolute Gasteiger partial charge is 0.197 e. The van der Waals surface area contributed by atoms with Crippen LogP contribution in [-0.4, -0.2) is 46.2 Å². The Bertz CT molecular complexity index is 993. The lowest BCUT2D eigenvalue weighted by Crippen LogP contribution is -2.44. The number of hydrogen-bond donors (Lipinski definition) is 4. The number of fused-ring (bicyclic) bond motifs is 2. The van der Waals surface area contributed by atoms with Gasteiger partial charge in [-0.2, -0.15) is 0 Å². The van der Waals surface area contributed by atoms with Crippen molar-refractivity contribution in [1.29, 1.82) is 0 Å². The quantitative estimate of drug-likeness (QED) is 0.253. The third kappa shape index (κ3) is 5.41. The van der Waals surface area contributed by atoms with E-state index in [-0.39, 0.29) is 23.5 Å². The average Bonchev–Trinajstić information content (AvgIpc) is 3.19. The van der Waals surface area contributed by atoms with Crippen molar-refractivity contribution in [2.45, 2.75) is 89.9 Å². The minimum absolute atomic E-state index is 0.200. The van der Waals surface area contributed by atoms with Gasteiger partial charge in [-0.25, -0.2) is 0 Å². The molecule has 2 aromatic heterocycles. The van der Waals surface area contributed by atoms with Gasteiger partial charge in [-0.3, -0.25) is 9.13 Å². The van der Waals surface area contributed by atoms with Crippen LogP contribution in [-0.2, 0) is 42.9 Å². The van der Waals surface area contributed by atoms with E-state index in [9.17, 15) is 20.4 Å². The highest BCUT2D eigenvalue weighted by atomic mass is 28.4. The molecule has 9 heteroatoms. The summed E-state index contributed by atoms with van der Waals surface area (Å²) in [6.45, 7) is 10.1. The summed E-state index contributed by atoms with van der Waals surface area (Å²) in [5.74, 6) is 0.800. The number of aromatic hydroxyl groups is 4. The standard InChI is InChI=1S/C26H40N2O5Si2/c1-34(2,17-9-15-27-23(29)19-11-5-6-12-20(19)24(27)30)33-35(3,4)18-10-16-28-25(31)21-13-7-8-14-22(21)26(28)32/h5-8,29-32H,9-18H2,1-4H3. The van der Waals surface area contributed by atoms with Crippen LogP contribution in [0.25, 0.3) is 0 Å². The lowest BCUT2D eigenvalue weighted by molar-refractivity contribution is 0.362. The molecule has 2 aromatic rings. The van der Waals surface area contributed by atoms with Crippen molar-refractivity contribution in [3.8, 4) is 23.5 Å². The first-order valence-corrected chi connectivity index (χ1v) is 19.0. The summed E-state index contributed by atoms with van der Waals surface area (Å²) < 4.78 is 10.1. The lowest BCUT2D eigenvalue weighted by Gasteiger charge is -2.34. The number of aromatic nitrogens is 2. The van der Waals surface area contributed by atoms with Crippen LogP contribution in [0.2, 0.25) is 38.3 Å². The number of nitrogens with zero attached hydrogens (tertiary/aromatic N) is 2. The van der Waals surface area contributed by atoms with E-state index in [4.69, 9.17) is 4.12 Å². The van der Waals surface area contributed by atoms with E-state index in [1.54, 1.807) is 9.13 Å². The second-order valence-electron chi connectivity index (χ2n) is 11.1. The third-order valence-corrected chi connectivity index (χ3v) is 14.9. The van der Waals surface area contributed by atoms with Crippen molar-refractivity contribution in [2.24, 2.45) is 0 Å². The first-order valence-electron chi connectivity index (χ1n) is 12.8. The molecule has 4 rings (SSSR count). The van der Waals surface area contributed by atoms with Crippen LogP contribution in [0.3, 0.4) is 0 Å². The molecule has 192 valence electrons. The molecule has 2 aliphatic carbocycles. The molecule has 7 nitrogen and oxygen atoms in total. The summed E-state index contributed by atoms with van der Waals surface area (Å²) in [6.07, 6.45) is 12.5. The van der Waals surface area contributed by atoms with Crippen molar-refractivity contribution in [2.75, 3.05) is 0 Å². The molecule has 0 spiro atoms. The average molecular weight is 517 g/mol. The zero-order chi connectivity index (χ0) is 25.4. The molecular weight excluding hydrogens is 476 g/mol. The van der Waals surface area contributed by atoms with Gasteiger partial charge in [0.1, 0.15) is 0 Å². The summed E-state index contributed by atoms with van der Waals surface area (Å²) >= 11 is 0. The summed E-state index contributed by atoms with van der Waals surface area (Å²) in [5, 5.41) is 42.3. The molecule has 0 aromatic carbocycles. The maximum absolute atomic E-state index is 10.6. The summed E-state index contributed by atoms with van der Waals surface area (Å²) in [6, 6.07) is 1.89. The van der Waals surface area contributed by atoms with E-state index in [0.29, 0.717) is 38.8 Å². The number of hydrogen-bond acceptors (Lipinski definition) is 5. The molecule has 35 heavy (non-hydrogen) atoms. The van der Waals surface area contributed by atoms with Gasteiger partial charge >= 0.3 is 0 Å². The van der Waals surface area contributed by atoms with Crippen LogP contribution in [0.4, 0.5) is 0 Å². The van der Waals surface area contributed by atoms with Gasteiger partial charge in [-0.1, -0.05) is 24.3 Å². The minimum Gasteiger partial charge on any atom is -0.494 e. The van der Waals surface area contributed by atoms with Gasteiger partial charge in [0.15, 0.2) is 40.2 Å². The van der Waals surface area contributed by atoms with E-state index in [1.165, 1.54) is 0 Å². The maximum atomic E-state index is 10.6. The molecule has 2 aliphatic rings. The van der Waals surface area contributed by atoms with Gasteiger partial charge in [0.25, 0.3) is 0 Å².